The predicted octanol–water partition coefficient (Wildman–Crippen LogP) is 3.78. The highest BCUT2D eigenvalue weighted by Crippen LogP contribution is 2.30. The minimum atomic E-state index is -2.73. The van der Waals surface area contributed by atoms with E-state index in [1.807, 2.05) is 13.1 Å². The standard InChI is InChI=1S/C24H31F2N7O/c1-27-17-8-6-16(7-9-17)15-28-24-30-20(32-10-12-34-13-11-32)14-21(31-24)33-19-5-3-2-4-18(19)29-23(33)22(25)26/h2-5,14,16-17,22,27H,6-13,15H2,1H3,(H,28,30,31)/t16-,17-. The van der Waals surface area contributed by atoms with Gasteiger partial charge in [-0.3, -0.25) is 4.57 Å². The number of anilines is 2. The minimum absolute atomic E-state index is 0.316. The van der Waals surface area contributed by atoms with E-state index < -0.39 is 6.43 Å². The molecule has 2 aromatic heterocycles. The fourth-order valence-corrected chi connectivity index (χ4v) is 4.89. The van der Waals surface area contributed by atoms with Crippen LogP contribution in [0.4, 0.5) is 20.5 Å². The Hall–Kier alpha value is -2.85. The normalized spacial score (nSPS) is 21.4. The van der Waals surface area contributed by atoms with Gasteiger partial charge in [0.05, 0.1) is 24.2 Å². The maximum absolute atomic E-state index is 14.0. The zero-order valence-electron chi connectivity index (χ0n) is 19.4. The molecule has 1 saturated carbocycles. The van der Waals surface area contributed by atoms with Crippen molar-refractivity contribution in [3.63, 3.8) is 0 Å². The number of hydrogen-bond donors (Lipinski definition) is 2. The van der Waals surface area contributed by atoms with E-state index in [9.17, 15) is 8.78 Å². The van der Waals surface area contributed by atoms with Crippen molar-refractivity contribution in [3.8, 4) is 5.82 Å². The molecule has 3 heterocycles. The fraction of sp³-hybridized carbons (Fsp3) is 0.542. The summed E-state index contributed by atoms with van der Waals surface area (Å²) in [6.07, 6.45) is 1.85. The van der Waals surface area contributed by atoms with Crippen LogP contribution in [0.1, 0.15) is 37.9 Å². The molecule has 0 unspecified atom stereocenters. The van der Waals surface area contributed by atoms with Crippen molar-refractivity contribution in [3.05, 3.63) is 36.2 Å². The summed E-state index contributed by atoms with van der Waals surface area (Å²) in [5.74, 6) is 1.76. The predicted molar refractivity (Wildman–Crippen MR) is 128 cm³/mol. The molecule has 1 saturated heterocycles. The first-order valence-corrected chi connectivity index (χ1v) is 12.0. The number of ether oxygens (including phenoxy) is 1. The number of benzene rings is 1. The second-order valence-corrected chi connectivity index (χ2v) is 8.99. The van der Waals surface area contributed by atoms with Crippen LogP contribution in [0.5, 0.6) is 0 Å². The van der Waals surface area contributed by atoms with Crippen LogP contribution in [0.3, 0.4) is 0 Å². The summed E-state index contributed by atoms with van der Waals surface area (Å²) >= 11 is 0. The maximum Gasteiger partial charge on any atom is 0.296 e. The molecule has 34 heavy (non-hydrogen) atoms. The summed E-state index contributed by atoms with van der Waals surface area (Å²) in [6, 6.07) is 9.51. The molecule has 10 heteroatoms. The number of nitrogens with zero attached hydrogens (tertiary/aromatic N) is 5. The Morgan fingerprint density at radius 3 is 2.50 bits per heavy atom. The first-order valence-electron chi connectivity index (χ1n) is 12.0. The van der Waals surface area contributed by atoms with Crippen molar-refractivity contribution in [2.24, 2.45) is 5.92 Å². The number of para-hydroxylation sites is 2. The third-order valence-corrected chi connectivity index (χ3v) is 6.85. The van der Waals surface area contributed by atoms with Crippen LogP contribution in [0.2, 0.25) is 0 Å². The summed E-state index contributed by atoms with van der Waals surface area (Å²) in [4.78, 5) is 15.7. The van der Waals surface area contributed by atoms with E-state index in [1.54, 1.807) is 24.3 Å². The van der Waals surface area contributed by atoms with Crippen LogP contribution >= 0.6 is 0 Å². The molecular formula is C24H31F2N7O. The highest BCUT2D eigenvalue weighted by Gasteiger charge is 2.24. The number of rotatable bonds is 7. The Balaban J connectivity index is 1.49. The number of morpholine rings is 1. The largest absolute Gasteiger partial charge is 0.378 e. The topological polar surface area (TPSA) is 80.1 Å². The summed E-state index contributed by atoms with van der Waals surface area (Å²) in [5, 5.41) is 6.77. The number of nitrogens with one attached hydrogen (secondary N) is 2. The minimum Gasteiger partial charge on any atom is -0.378 e. The van der Waals surface area contributed by atoms with E-state index >= 15 is 0 Å². The number of aromatic nitrogens is 4. The van der Waals surface area contributed by atoms with Gasteiger partial charge in [0.1, 0.15) is 11.6 Å². The van der Waals surface area contributed by atoms with Crippen molar-refractivity contribution < 1.29 is 13.5 Å². The summed E-state index contributed by atoms with van der Waals surface area (Å²) in [5.41, 5.74) is 1.11. The molecule has 1 aliphatic carbocycles. The Morgan fingerprint density at radius 2 is 1.76 bits per heavy atom. The molecule has 2 fully saturated rings. The lowest BCUT2D eigenvalue weighted by atomic mass is 9.86. The van der Waals surface area contributed by atoms with Gasteiger partial charge in [-0.1, -0.05) is 12.1 Å². The zero-order chi connectivity index (χ0) is 23.5. The fourth-order valence-electron chi connectivity index (χ4n) is 4.89. The van der Waals surface area contributed by atoms with Crippen LogP contribution in [0.25, 0.3) is 16.9 Å². The molecule has 0 atom stereocenters. The molecular weight excluding hydrogens is 440 g/mol. The first-order chi connectivity index (χ1) is 16.6. The smallest absolute Gasteiger partial charge is 0.296 e. The summed E-state index contributed by atoms with van der Waals surface area (Å²) in [7, 11) is 2.02. The molecule has 8 nitrogen and oxygen atoms in total. The second kappa shape index (κ2) is 10.2. The van der Waals surface area contributed by atoms with Crippen LogP contribution in [-0.2, 0) is 4.74 Å². The molecule has 0 radical (unpaired) electrons. The lowest BCUT2D eigenvalue weighted by Gasteiger charge is -2.29. The number of imidazole rings is 1. The van der Waals surface area contributed by atoms with Crippen molar-refractivity contribution >= 4 is 22.8 Å². The number of hydrogen-bond acceptors (Lipinski definition) is 7. The highest BCUT2D eigenvalue weighted by atomic mass is 19.3. The van der Waals surface area contributed by atoms with E-state index in [1.165, 1.54) is 4.57 Å². The molecule has 5 rings (SSSR count). The van der Waals surface area contributed by atoms with Crippen LogP contribution in [-0.4, -0.2) is 65.5 Å². The van der Waals surface area contributed by atoms with Gasteiger partial charge in [-0.05, 0) is 50.8 Å². The Morgan fingerprint density at radius 1 is 1.03 bits per heavy atom. The molecule has 1 aromatic carbocycles. The van der Waals surface area contributed by atoms with Gasteiger partial charge in [-0.2, -0.15) is 9.97 Å². The van der Waals surface area contributed by atoms with E-state index in [2.05, 4.69) is 25.5 Å². The maximum atomic E-state index is 14.0. The number of fused-ring (bicyclic) bond motifs is 1. The van der Waals surface area contributed by atoms with Gasteiger partial charge < -0.3 is 20.3 Å². The third kappa shape index (κ3) is 4.83. The van der Waals surface area contributed by atoms with Gasteiger partial charge >= 0.3 is 0 Å². The second-order valence-electron chi connectivity index (χ2n) is 8.99. The number of halogens is 2. The van der Waals surface area contributed by atoms with E-state index in [0.29, 0.717) is 66.9 Å². The molecule has 1 aliphatic heterocycles. The van der Waals surface area contributed by atoms with Crippen LogP contribution in [0, 0.1) is 5.92 Å². The van der Waals surface area contributed by atoms with Crippen LogP contribution < -0.4 is 15.5 Å². The van der Waals surface area contributed by atoms with E-state index in [-0.39, 0.29) is 5.82 Å². The van der Waals surface area contributed by atoms with Gasteiger partial charge in [0.25, 0.3) is 6.43 Å². The Kier molecular flexibility index (Phi) is 6.87. The summed E-state index contributed by atoms with van der Waals surface area (Å²) < 4.78 is 34.9. The quantitative estimate of drug-likeness (QED) is 0.543. The molecule has 0 bridgehead atoms. The Labute approximate surface area is 197 Å². The van der Waals surface area contributed by atoms with E-state index in [0.717, 1.165) is 32.2 Å². The molecule has 0 amide bonds. The molecule has 3 aromatic rings. The lowest BCUT2D eigenvalue weighted by Crippen LogP contribution is -2.37. The molecule has 182 valence electrons. The third-order valence-electron chi connectivity index (χ3n) is 6.85. The zero-order valence-corrected chi connectivity index (χ0v) is 19.4. The lowest BCUT2D eigenvalue weighted by molar-refractivity contribution is 0.122. The molecule has 0 spiro atoms. The average molecular weight is 472 g/mol. The monoisotopic (exact) mass is 471 g/mol. The van der Waals surface area contributed by atoms with Gasteiger partial charge in [0.2, 0.25) is 5.95 Å². The first kappa shape index (κ1) is 22.9. The molecule has 2 N–H and O–H groups in total. The summed E-state index contributed by atoms with van der Waals surface area (Å²) in [6.45, 7) is 3.35. The SMILES string of the molecule is CN[C@H]1CC[C@H](CNc2nc(N3CCOCC3)cc(-n3c(C(F)F)nc4ccccc43)n2)CC1. The van der Waals surface area contributed by atoms with Crippen molar-refractivity contribution in [2.75, 3.05) is 50.1 Å². The van der Waals surface area contributed by atoms with E-state index in [4.69, 9.17) is 9.72 Å². The van der Waals surface area contributed by atoms with Crippen molar-refractivity contribution in [2.45, 2.75) is 38.2 Å². The van der Waals surface area contributed by atoms with Crippen LogP contribution in [0.15, 0.2) is 30.3 Å². The van der Waals surface area contributed by atoms with Gasteiger partial charge in [-0.25, -0.2) is 13.8 Å². The molecule has 2 aliphatic rings. The highest BCUT2D eigenvalue weighted by molar-refractivity contribution is 5.78. The van der Waals surface area contributed by atoms with Crippen molar-refractivity contribution in [1.29, 1.82) is 0 Å². The van der Waals surface area contributed by atoms with Crippen molar-refractivity contribution in [1.82, 2.24) is 24.8 Å². The van der Waals surface area contributed by atoms with Gasteiger partial charge in [-0.15, -0.1) is 0 Å². The average Bonchev–Trinajstić information content (AvgIpc) is 3.28. The van der Waals surface area contributed by atoms with Gasteiger partial charge in [0, 0.05) is 31.7 Å². The van der Waals surface area contributed by atoms with Gasteiger partial charge in [0.15, 0.2) is 5.82 Å². The Bertz CT molecular complexity index is 1110. The number of alkyl halides is 2.